The Labute approximate surface area is 145 Å². The second-order valence-electron chi connectivity index (χ2n) is 5.26. The Morgan fingerprint density at radius 3 is 2.29 bits per heavy atom. The number of hydrogen-bond acceptors (Lipinski definition) is 4. The van der Waals surface area contributed by atoms with Gasteiger partial charge in [0.1, 0.15) is 0 Å². The highest BCUT2D eigenvalue weighted by Crippen LogP contribution is 2.18. The highest BCUT2D eigenvalue weighted by Gasteiger charge is 2.10. The van der Waals surface area contributed by atoms with E-state index < -0.39 is 10.8 Å². The zero-order valence-corrected chi connectivity index (χ0v) is 14.9. The third-order valence-electron chi connectivity index (χ3n) is 3.55. The molecule has 6 heteroatoms. The fourth-order valence-electron chi connectivity index (χ4n) is 2.13. The average molecular weight is 346 g/mol. The number of benzene rings is 2. The van der Waals surface area contributed by atoms with E-state index >= 15 is 0 Å². The SMILES string of the molecule is CCOC(=O)N(C)c1ccc(NCc2ccc([S@@](C)=O)cc2)cc1. The van der Waals surface area contributed by atoms with Crippen LogP contribution < -0.4 is 10.2 Å². The maximum Gasteiger partial charge on any atom is 0.413 e. The second-order valence-corrected chi connectivity index (χ2v) is 6.64. The Bertz CT molecular complexity index is 699. The summed E-state index contributed by atoms with van der Waals surface area (Å²) in [6.45, 7) is 2.81. The summed E-state index contributed by atoms with van der Waals surface area (Å²) >= 11 is 0. The van der Waals surface area contributed by atoms with E-state index in [2.05, 4.69) is 5.32 Å². The van der Waals surface area contributed by atoms with Crippen molar-refractivity contribution in [2.75, 3.05) is 30.1 Å². The number of carbonyl (C=O) groups is 1. The first-order valence-corrected chi connectivity index (χ1v) is 9.24. The molecule has 2 rings (SSSR count). The minimum atomic E-state index is -0.953. The molecule has 1 amide bonds. The fraction of sp³-hybridized carbons (Fsp3) is 0.278. The molecule has 0 aliphatic rings. The van der Waals surface area contributed by atoms with Crippen molar-refractivity contribution in [3.63, 3.8) is 0 Å². The predicted molar refractivity (Wildman–Crippen MR) is 98.0 cm³/mol. The summed E-state index contributed by atoms with van der Waals surface area (Å²) < 4.78 is 16.3. The maximum atomic E-state index is 11.7. The third-order valence-corrected chi connectivity index (χ3v) is 4.48. The molecule has 2 aromatic carbocycles. The summed E-state index contributed by atoms with van der Waals surface area (Å²) in [5, 5.41) is 3.32. The van der Waals surface area contributed by atoms with Gasteiger partial charge in [-0.25, -0.2) is 4.79 Å². The molecule has 0 spiro atoms. The van der Waals surface area contributed by atoms with Crippen LogP contribution in [-0.4, -0.2) is 30.2 Å². The van der Waals surface area contributed by atoms with Crippen LogP contribution in [0.1, 0.15) is 12.5 Å². The summed E-state index contributed by atoms with van der Waals surface area (Å²) in [6, 6.07) is 15.3. The van der Waals surface area contributed by atoms with Gasteiger partial charge < -0.3 is 10.1 Å². The van der Waals surface area contributed by atoms with Crippen LogP contribution in [0.25, 0.3) is 0 Å². The van der Waals surface area contributed by atoms with Crippen molar-refractivity contribution in [2.24, 2.45) is 0 Å². The largest absolute Gasteiger partial charge is 0.449 e. The van der Waals surface area contributed by atoms with Crippen molar-refractivity contribution in [1.29, 1.82) is 0 Å². The van der Waals surface area contributed by atoms with Crippen LogP contribution in [0.5, 0.6) is 0 Å². The summed E-state index contributed by atoms with van der Waals surface area (Å²) in [4.78, 5) is 14.0. The number of nitrogens with one attached hydrogen (secondary N) is 1. The first kappa shape index (κ1) is 18.0. The molecule has 2 aromatic rings. The lowest BCUT2D eigenvalue weighted by Crippen LogP contribution is -2.26. The number of anilines is 2. The minimum absolute atomic E-state index is 0.354. The summed E-state index contributed by atoms with van der Waals surface area (Å²) in [6.07, 6.45) is 1.30. The molecule has 0 heterocycles. The number of carbonyl (C=O) groups excluding carboxylic acids is 1. The zero-order valence-electron chi connectivity index (χ0n) is 14.1. The van der Waals surface area contributed by atoms with Gasteiger partial charge in [0, 0.05) is 46.9 Å². The van der Waals surface area contributed by atoms with Gasteiger partial charge >= 0.3 is 6.09 Å². The molecule has 0 saturated heterocycles. The van der Waals surface area contributed by atoms with Crippen molar-refractivity contribution >= 4 is 28.3 Å². The first-order chi connectivity index (χ1) is 11.5. The molecule has 0 saturated carbocycles. The highest BCUT2D eigenvalue weighted by molar-refractivity contribution is 7.84. The molecule has 0 bridgehead atoms. The van der Waals surface area contributed by atoms with Crippen LogP contribution in [0.2, 0.25) is 0 Å². The molecule has 24 heavy (non-hydrogen) atoms. The van der Waals surface area contributed by atoms with Crippen molar-refractivity contribution < 1.29 is 13.7 Å². The van der Waals surface area contributed by atoms with Gasteiger partial charge in [0.05, 0.1) is 6.61 Å². The standard InChI is InChI=1S/C18H22N2O3S/c1-4-23-18(21)20(2)16-9-7-15(8-10-16)19-13-14-5-11-17(12-6-14)24(3)22/h5-12,19H,4,13H2,1-3H3/t24-/m1/s1. The number of rotatable bonds is 6. The zero-order chi connectivity index (χ0) is 17.5. The molecular weight excluding hydrogens is 324 g/mol. The second kappa shape index (κ2) is 8.49. The molecule has 5 nitrogen and oxygen atoms in total. The molecule has 0 radical (unpaired) electrons. The number of hydrogen-bond donors (Lipinski definition) is 1. The van der Waals surface area contributed by atoms with Gasteiger partial charge in [-0.2, -0.15) is 0 Å². The Balaban J connectivity index is 1.94. The lowest BCUT2D eigenvalue weighted by atomic mass is 10.2. The molecule has 0 aliphatic heterocycles. The van der Waals surface area contributed by atoms with Crippen LogP contribution in [-0.2, 0) is 22.1 Å². The fourth-order valence-corrected chi connectivity index (χ4v) is 2.65. The smallest absolute Gasteiger partial charge is 0.413 e. The van der Waals surface area contributed by atoms with Gasteiger partial charge in [0.25, 0.3) is 0 Å². The normalized spacial score (nSPS) is 11.6. The molecule has 1 N–H and O–H groups in total. The molecule has 0 aliphatic carbocycles. The van der Waals surface area contributed by atoms with E-state index in [9.17, 15) is 9.00 Å². The van der Waals surface area contributed by atoms with Gasteiger partial charge in [0.15, 0.2) is 0 Å². The number of nitrogens with zero attached hydrogens (tertiary/aromatic N) is 1. The summed E-state index contributed by atoms with van der Waals surface area (Å²) in [5.41, 5.74) is 2.84. The first-order valence-electron chi connectivity index (χ1n) is 7.68. The lowest BCUT2D eigenvalue weighted by Gasteiger charge is -2.17. The topological polar surface area (TPSA) is 58.6 Å². The average Bonchev–Trinajstić information content (AvgIpc) is 2.60. The predicted octanol–water partition coefficient (Wildman–Crippen LogP) is 3.63. The van der Waals surface area contributed by atoms with E-state index in [1.165, 1.54) is 4.90 Å². The van der Waals surface area contributed by atoms with Crippen LogP contribution in [0.4, 0.5) is 16.2 Å². The van der Waals surface area contributed by atoms with Crippen molar-refractivity contribution in [3.05, 3.63) is 54.1 Å². The number of amides is 1. The summed E-state index contributed by atoms with van der Waals surface area (Å²) in [5.74, 6) is 0. The quantitative estimate of drug-likeness (QED) is 0.868. The maximum absolute atomic E-state index is 11.7. The molecule has 0 fully saturated rings. The Morgan fingerprint density at radius 2 is 1.75 bits per heavy atom. The monoisotopic (exact) mass is 346 g/mol. The Hall–Kier alpha value is -2.34. The van der Waals surface area contributed by atoms with Crippen LogP contribution in [0.15, 0.2) is 53.4 Å². The Kier molecular flexibility index (Phi) is 6.37. The molecule has 0 aromatic heterocycles. The van der Waals surface area contributed by atoms with Gasteiger partial charge in [-0.1, -0.05) is 12.1 Å². The molecule has 128 valence electrons. The highest BCUT2D eigenvalue weighted by atomic mass is 32.2. The van der Waals surface area contributed by atoms with E-state index in [4.69, 9.17) is 4.74 Å². The number of ether oxygens (including phenoxy) is 1. The van der Waals surface area contributed by atoms with Gasteiger partial charge in [0.2, 0.25) is 0 Å². The Morgan fingerprint density at radius 1 is 1.12 bits per heavy atom. The lowest BCUT2D eigenvalue weighted by molar-refractivity contribution is 0.161. The van der Waals surface area contributed by atoms with Crippen LogP contribution >= 0.6 is 0 Å². The van der Waals surface area contributed by atoms with Crippen LogP contribution in [0.3, 0.4) is 0 Å². The molecule has 1 atom stereocenters. The van der Waals surface area contributed by atoms with E-state index in [1.54, 1.807) is 20.2 Å². The molecule has 0 unspecified atom stereocenters. The third kappa shape index (κ3) is 4.83. The van der Waals surface area contributed by atoms with E-state index in [-0.39, 0.29) is 6.09 Å². The summed E-state index contributed by atoms with van der Waals surface area (Å²) in [7, 11) is 0.727. The van der Waals surface area contributed by atoms with Gasteiger partial charge in [-0.3, -0.25) is 9.11 Å². The van der Waals surface area contributed by atoms with E-state index in [1.807, 2.05) is 48.5 Å². The van der Waals surface area contributed by atoms with Crippen molar-refractivity contribution in [2.45, 2.75) is 18.4 Å². The van der Waals surface area contributed by atoms with E-state index in [0.717, 1.165) is 21.8 Å². The van der Waals surface area contributed by atoms with E-state index in [0.29, 0.717) is 13.2 Å². The van der Waals surface area contributed by atoms with Crippen LogP contribution in [0, 0.1) is 0 Å². The van der Waals surface area contributed by atoms with Gasteiger partial charge in [-0.05, 0) is 48.9 Å². The van der Waals surface area contributed by atoms with Crippen molar-refractivity contribution in [3.8, 4) is 0 Å². The minimum Gasteiger partial charge on any atom is -0.449 e. The molecular formula is C18H22N2O3S. The van der Waals surface area contributed by atoms with Gasteiger partial charge in [-0.15, -0.1) is 0 Å². The van der Waals surface area contributed by atoms with Crippen molar-refractivity contribution in [1.82, 2.24) is 0 Å².